The Morgan fingerprint density at radius 2 is 2.11 bits per heavy atom. The third kappa shape index (κ3) is 2.15. The zero-order chi connectivity index (χ0) is 12.7. The molecule has 1 amide bonds. The number of fused-ring (bicyclic) bond motifs is 2. The third-order valence-corrected chi connectivity index (χ3v) is 5.49. The number of nitrogens with zero attached hydrogens (tertiary/aromatic N) is 1. The maximum absolute atomic E-state index is 12.4. The third-order valence-electron chi connectivity index (χ3n) is 5.22. The number of rotatable bonds is 3. The highest BCUT2D eigenvalue weighted by molar-refractivity contribution is 7.80. The van der Waals surface area contributed by atoms with Gasteiger partial charge < -0.3 is 10.6 Å². The predicted octanol–water partition coefficient (Wildman–Crippen LogP) is 2.09. The van der Waals surface area contributed by atoms with Gasteiger partial charge in [0.15, 0.2) is 0 Å². The summed E-state index contributed by atoms with van der Waals surface area (Å²) in [6.07, 6.45) is 8.14. The standard InChI is InChI=1S/C14H22N2OS/c15-14(18)12-2-1-5-16(12)13(17)8-11-7-9-3-4-10(11)6-9/h9-12H,1-8H2,(H2,15,18). The molecule has 0 spiro atoms. The van der Waals surface area contributed by atoms with Crippen LogP contribution in [-0.2, 0) is 4.79 Å². The monoisotopic (exact) mass is 266 g/mol. The smallest absolute Gasteiger partial charge is 0.223 e. The van der Waals surface area contributed by atoms with Crippen molar-refractivity contribution in [2.75, 3.05) is 6.54 Å². The highest BCUT2D eigenvalue weighted by Crippen LogP contribution is 2.49. The minimum atomic E-state index is 0.0334. The van der Waals surface area contributed by atoms with Crippen molar-refractivity contribution in [2.24, 2.45) is 23.5 Å². The first-order valence-electron chi connectivity index (χ1n) is 7.24. The van der Waals surface area contributed by atoms with Crippen LogP contribution in [0.3, 0.4) is 0 Å². The predicted molar refractivity (Wildman–Crippen MR) is 75.1 cm³/mol. The number of amides is 1. The second-order valence-corrected chi connectivity index (χ2v) is 6.76. The Balaban J connectivity index is 1.59. The molecule has 2 bridgehead atoms. The molecule has 3 rings (SSSR count). The van der Waals surface area contributed by atoms with Gasteiger partial charge in [0.2, 0.25) is 5.91 Å². The fourth-order valence-corrected chi connectivity index (χ4v) is 4.57. The Labute approximate surface area is 114 Å². The van der Waals surface area contributed by atoms with E-state index in [0.29, 0.717) is 16.8 Å². The second kappa shape index (κ2) is 4.80. The van der Waals surface area contributed by atoms with Crippen LogP contribution >= 0.6 is 12.2 Å². The Kier molecular flexibility index (Phi) is 3.31. The van der Waals surface area contributed by atoms with Crippen molar-refractivity contribution >= 4 is 23.1 Å². The van der Waals surface area contributed by atoms with Gasteiger partial charge in [-0.15, -0.1) is 0 Å². The average Bonchev–Trinajstić information content (AvgIpc) is 3.04. The molecule has 0 aromatic heterocycles. The summed E-state index contributed by atoms with van der Waals surface area (Å²) in [5, 5.41) is 0. The molecule has 1 heterocycles. The number of hydrogen-bond donors (Lipinski definition) is 1. The molecule has 1 aliphatic heterocycles. The van der Waals surface area contributed by atoms with Gasteiger partial charge in [-0.1, -0.05) is 18.6 Å². The van der Waals surface area contributed by atoms with Gasteiger partial charge in [0.25, 0.3) is 0 Å². The lowest BCUT2D eigenvalue weighted by Crippen LogP contribution is -2.43. The summed E-state index contributed by atoms with van der Waals surface area (Å²) in [5.41, 5.74) is 5.73. The molecule has 2 N–H and O–H groups in total. The fraction of sp³-hybridized carbons (Fsp3) is 0.857. The average molecular weight is 266 g/mol. The van der Waals surface area contributed by atoms with Gasteiger partial charge in [-0.2, -0.15) is 0 Å². The van der Waals surface area contributed by atoms with E-state index < -0.39 is 0 Å². The van der Waals surface area contributed by atoms with Crippen LogP contribution in [0.25, 0.3) is 0 Å². The summed E-state index contributed by atoms with van der Waals surface area (Å²) in [7, 11) is 0. The number of likely N-dealkylation sites (tertiary alicyclic amines) is 1. The lowest BCUT2D eigenvalue weighted by Gasteiger charge is -2.27. The van der Waals surface area contributed by atoms with E-state index in [2.05, 4.69) is 0 Å². The highest BCUT2D eigenvalue weighted by atomic mass is 32.1. The van der Waals surface area contributed by atoms with Crippen LogP contribution in [0.4, 0.5) is 0 Å². The van der Waals surface area contributed by atoms with Gasteiger partial charge in [-0.3, -0.25) is 4.79 Å². The molecule has 4 unspecified atom stereocenters. The van der Waals surface area contributed by atoms with E-state index in [0.717, 1.165) is 37.6 Å². The summed E-state index contributed by atoms with van der Waals surface area (Å²) in [4.78, 5) is 14.8. The van der Waals surface area contributed by atoms with Crippen LogP contribution in [-0.4, -0.2) is 28.4 Å². The van der Waals surface area contributed by atoms with Crippen LogP contribution in [0.1, 0.15) is 44.9 Å². The molecule has 100 valence electrons. The molecule has 2 saturated carbocycles. The minimum absolute atomic E-state index is 0.0334. The van der Waals surface area contributed by atoms with Crippen LogP contribution in [0.15, 0.2) is 0 Å². The van der Waals surface area contributed by atoms with E-state index in [1.807, 2.05) is 4.90 Å². The number of carbonyl (C=O) groups excluding carboxylic acids is 1. The fourth-order valence-electron chi connectivity index (χ4n) is 4.33. The largest absolute Gasteiger partial charge is 0.392 e. The first-order chi connectivity index (χ1) is 8.65. The van der Waals surface area contributed by atoms with E-state index in [-0.39, 0.29) is 6.04 Å². The molecule has 0 aromatic rings. The summed E-state index contributed by atoms with van der Waals surface area (Å²) >= 11 is 5.07. The van der Waals surface area contributed by atoms with Crippen LogP contribution in [0.2, 0.25) is 0 Å². The van der Waals surface area contributed by atoms with E-state index in [9.17, 15) is 4.79 Å². The summed E-state index contributed by atoms with van der Waals surface area (Å²) < 4.78 is 0. The van der Waals surface area contributed by atoms with Crippen molar-refractivity contribution in [3.63, 3.8) is 0 Å². The van der Waals surface area contributed by atoms with E-state index in [1.165, 1.54) is 25.7 Å². The van der Waals surface area contributed by atoms with Crippen LogP contribution in [0.5, 0.6) is 0 Å². The quantitative estimate of drug-likeness (QED) is 0.796. The SMILES string of the molecule is NC(=S)C1CCCN1C(=O)CC1CC2CCC1C2. The van der Waals surface area contributed by atoms with Crippen LogP contribution < -0.4 is 5.73 Å². The molecule has 4 atom stereocenters. The van der Waals surface area contributed by atoms with Gasteiger partial charge in [0.05, 0.1) is 11.0 Å². The maximum atomic E-state index is 12.4. The topological polar surface area (TPSA) is 46.3 Å². The van der Waals surface area contributed by atoms with E-state index in [4.69, 9.17) is 18.0 Å². The highest BCUT2D eigenvalue weighted by Gasteiger charge is 2.41. The lowest BCUT2D eigenvalue weighted by atomic mass is 9.86. The summed E-state index contributed by atoms with van der Waals surface area (Å²) in [5.74, 6) is 2.68. The number of hydrogen-bond acceptors (Lipinski definition) is 2. The van der Waals surface area contributed by atoms with E-state index >= 15 is 0 Å². The Morgan fingerprint density at radius 1 is 1.28 bits per heavy atom. The van der Waals surface area contributed by atoms with Crippen molar-refractivity contribution in [3.8, 4) is 0 Å². The van der Waals surface area contributed by atoms with Gasteiger partial charge >= 0.3 is 0 Å². The van der Waals surface area contributed by atoms with Gasteiger partial charge in [0.1, 0.15) is 0 Å². The molecule has 18 heavy (non-hydrogen) atoms. The minimum Gasteiger partial charge on any atom is -0.392 e. The van der Waals surface area contributed by atoms with Crippen molar-refractivity contribution < 1.29 is 4.79 Å². The molecule has 0 aromatic carbocycles. The van der Waals surface area contributed by atoms with E-state index in [1.54, 1.807) is 0 Å². The number of carbonyl (C=O) groups is 1. The molecular weight excluding hydrogens is 244 g/mol. The summed E-state index contributed by atoms with van der Waals surface area (Å²) in [6.45, 7) is 0.849. The van der Waals surface area contributed by atoms with Gasteiger partial charge in [-0.05, 0) is 49.9 Å². The van der Waals surface area contributed by atoms with Crippen molar-refractivity contribution in [2.45, 2.75) is 51.0 Å². The van der Waals surface area contributed by atoms with Gasteiger partial charge in [0, 0.05) is 13.0 Å². The number of thiocarbonyl (C=S) groups is 1. The first-order valence-corrected chi connectivity index (χ1v) is 7.64. The van der Waals surface area contributed by atoms with Crippen LogP contribution in [0, 0.1) is 17.8 Å². The van der Waals surface area contributed by atoms with Gasteiger partial charge in [-0.25, -0.2) is 0 Å². The van der Waals surface area contributed by atoms with Crippen molar-refractivity contribution in [1.82, 2.24) is 4.90 Å². The maximum Gasteiger partial charge on any atom is 0.223 e. The summed E-state index contributed by atoms with van der Waals surface area (Å²) in [6, 6.07) is 0.0334. The van der Waals surface area contributed by atoms with Crippen molar-refractivity contribution in [3.05, 3.63) is 0 Å². The number of nitrogens with two attached hydrogens (primary N) is 1. The molecule has 2 aliphatic carbocycles. The Morgan fingerprint density at radius 3 is 2.72 bits per heavy atom. The Bertz CT molecular complexity index is 371. The molecule has 3 aliphatic rings. The normalized spacial score (nSPS) is 38.3. The zero-order valence-electron chi connectivity index (χ0n) is 10.8. The Hall–Kier alpha value is -0.640. The molecule has 3 fully saturated rings. The second-order valence-electron chi connectivity index (χ2n) is 6.29. The lowest BCUT2D eigenvalue weighted by molar-refractivity contribution is -0.132. The first kappa shape index (κ1) is 12.4. The molecule has 0 radical (unpaired) electrons. The van der Waals surface area contributed by atoms with Crippen molar-refractivity contribution in [1.29, 1.82) is 0 Å². The molecule has 3 nitrogen and oxygen atoms in total. The molecule has 1 saturated heterocycles. The molecular formula is C14H22N2OS. The molecule has 4 heteroatoms. The zero-order valence-corrected chi connectivity index (χ0v) is 11.6.